The molecule has 4 heterocycles. The average molecular weight is 392 g/mol. The van der Waals surface area contributed by atoms with E-state index in [4.69, 9.17) is 14.2 Å². The summed E-state index contributed by atoms with van der Waals surface area (Å²) in [4.78, 5) is 26.7. The topological polar surface area (TPSA) is 89.6 Å². The Morgan fingerprint density at radius 2 is 2.10 bits per heavy atom. The molecule has 0 saturated carbocycles. The van der Waals surface area contributed by atoms with Gasteiger partial charge in [-0.2, -0.15) is 0 Å². The second kappa shape index (κ2) is 7.21. The van der Waals surface area contributed by atoms with Gasteiger partial charge in [0, 0.05) is 43.9 Å². The Morgan fingerprint density at radius 3 is 2.90 bits per heavy atom. The second-order valence-corrected chi connectivity index (χ2v) is 7.03. The van der Waals surface area contributed by atoms with Gasteiger partial charge in [-0.3, -0.25) is 14.7 Å². The Balaban J connectivity index is 1.40. The van der Waals surface area contributed by atoms with Gasteiger partial charge in [-0.1, -0.05) is 6.07 Å². The first-order chi connectivity index (χ1) is 14.2. The Hall–Kier alpha value is -3.39. The lowest BCUT2D eigenvalue weighted by atomic mass is 10.1. The molecule has 148 valence electrons. The monoisotopic (exact) mass is 392 g/mol. The molecule has 0 spiro atoms. The first kappa shape index (κ1) is 17.7. The van der Waals surface area contributed by atoms with Crippen molar-refractivity contribution in [1.82, 2.24) is 19.9 Å². The summed E-state index contributed by atoms with van der Waals surface area (Å²) in [7, 11) is 1.64. The summed E-state index contributed by atoms with van der Waals surface area (Å²) in [6.45, 7) is 2.18. The van der Waals surface area contributed by atoms with Crippen molar-refractivity contribution in [1.29, 1.82) is 0 Å². The summed E-state index contributed by atoms with van der Waals surface area (Å²) in [5, 5.41) is 0. The molecule has 2 aliphatic rings. The molecule has 0 unspecified atom stereocenters. The fraction of sp³-hybridized carbons (Fsp3) is 0.286. The standard InChI is InChI=1S/C21H20N4O4/c1-27-17-9-19-18(28-12-29-19)8-13(17)10-25-7-5-15-14(11-25)21(26)24-20(23-15)16-4-2-3-6-22-16/h2-4,6,8-9H,5,7,10-12H2,1H3,(H,23,24,26). The maximum Gasteiger partial charge on any atom is 0.255 e. The lowest BCUT2D eigenvalue weighted by Gasteiger charge is -2.28. The molecule has 8 heteroatoms. The largest absolute Gasteiger partial charge is 0.496 e. The third-order valence-electron chi connectivity index (χ3n) is 5.22. The molecular formula is C21H20N4O4. The quantitative estimate of drug-likeness (QED) is 0.727. The number of aromatic amines is 1. The smallest absolute Gasteiger partial charge is 0.255 e. The maximum atomic E-state index is 12.7. The Bertz CT molecular complexity index is 1110. The summed E-state index contributed by atoms with van der Waals surface area (Å²) in [5.41, 5.74) is 3.09. The fourth-order valence-electron chi connectivity index (χ4n) is 3.76. The van der Waals surface area contributed by atoms with Gasteiger partial charge in [0.25, 0.3) is 5.56 Å². The zero-order valence-corrected chi connectivity index (χ0v) is 16.0. The molecule has 2 aromatic heterocycles. The zero-order chi connectivity index (χ0) is 19.8. The second-order valence-electron chi connectivity index (χ2n) is 7.03. The number of hydrogen-bond donors (Lipinski definition) is 1. The highest BCUT2D eigenvalue weighted by atomic mass is 16.7. The van der Waals surface area contributed by atoms with Crippen LogP contribution >= 0.6 is 0 Å². The Morgan fingerprint density at radius 1 is 1.24 bits per heavy atom. The summed E-state index contributed by atoms with van der Waals surface area (Å²) >= 11 is 0. The predicted octanol–water partition coefficient (Wildman–Crippen LogP) is 2.13. The molecule has 1 N–H and O–H groups in total. The van der Waals surface area contributed by atoms with Crippen LogP contribution in [0.5, 0.6) is 17.2 Å². The summed E-state index contributed by atoms with van der Waals surface area (Å²) in [6.07, 6.45) is 2.39. The lowest BCUT2D eigenvalue weighted by molar-refractivity contribution is 0.173. The molecule has 1 aromatic carbocycles. The van der Waals surface area contributed by atoms with Crippen molar-refractivity contribution in [3.8, 4) is 28.8 Å². The molecule has 3 aromatic rings. The molecule has 8 nitrogen and oxygen atoms in total. The number of ether oxygens (including phenoxy) is 3. The number of rotatable bonds is 4. The van der Waals surface area contributed by atoms with Crippen LogP contribution in [0.3, 0.4) is 0 Å². The molecule has 0 saturated heterocycles. The molecule has 0 radical (unpaired) electrons. The molecule has 2 aliphatic heterocycles. The van der Waals surface area contributed by atoms with E-state index < -0.39 is 0 Å². The van der Waals surface area contributed by atoms with Crippen molar-refractivity contribution in [2.75, 3.05) is 20.4 Å². The fourth-order valence-corrected chi connectivity index (χ4v) is 3.76. The van der Waals surface area contributed by atoms with Crippen LogP contribution in [0.4, 0.5) is 0 Å². The highest BCUT2D eigenvalue weighted by Crippen LogP contribution is 2.38. The molecule has 5 rings (SSSR count). The van der Waals surface area contributed by atoms with Crippen LogP contribution in [-0.2, 0) is 19.5 Å². The minimum Gasteiger partial charge on any atom is -0.496 e. The van der Waals surface area contributed by atoms with Crippen LogP contribution in [0.25, 0.3) is 11.5 Å². The van der Waals surface area contributed by atoms with Gasteiger partial charge in [0.2, 0.25) is 6.79 Å². The Kier molecular flexibility index (Phi) is 4.40. The third kappa shape index (κ3) is 3.31. The number of H-pyrrole nitrogens is 1. The van der Waals surface area contributed by atoms with Crippen molar-refractivity contribution >= 4 is 0 Å². The van der Waals surface area contributed by atoms with E-state index in [1.165, 1.54) is 0 Å². The number of benzene rings is 1. The van der Waals surface area contributed by atoms with E-state index in [9.17, 15) is 4.79 Å². The van der Waals surface area contributed by atoms with Gasteiger partial charge in [0.05, 0.1) is 18.4 Å². The van der Waals surface area contributed by atoms with Gasteiger partial charge >= 0.3 is 0 Å². The molecule has 0 bridgehead atoms. The number of methoxy groups -OCH3 is 1. The van der Waals surface area contributed by atoms with Gasteiger partial charge < -0.3 is 19.2 Å². The van der Waals surface area contributed by atoms with Crippen LogP contribution in [0.15, 0.2) is 41.3 Å². The molecule has 0 atom stereocenters. The van der Waals surface area contributed by atoms with Gasteiger partial charge in [0.15, 0.2) is 17.3 Å². The highest BCUT2D eigenvalue weighted by Gasteiger charge is 2.24. The molecule has 0 fully saturated rings. The van der Waals surface area contributed by atoms with Gasteiger partial charge in [0.1, 0.15) is 11.4 Å². The van der Waals surface area contributed by atoms with E-state index in [1.54, 1.807) is 13.3 Å². The summed E-state index contributed by atoms with van der Waals surface area (Å²) < 4.78 is 16.4. The third-order valence-corrected chi connectivity index (χ3v) is 5.22. The van der Waals surface area contributed by atoms with Crippen molar-refractivity contribution in [2.45, 2.75) is 19.5 Å². The van der Waals surface area contributed by atoms with Gasteiger partial charge in [-0.05, 0) is 18.2 Å². The van der Waals surface area contributed by atoms with E-state index in [0.717, 1.165) is 29.3 Å². The van der Waals surface area contributed by atoms with Gasteiger partial charge in [-0.15, -0.1) is 0 Å². The van der Waals surface area contributed by atoms with E-state index >= 15 is 0 Å². The number of hydrogen-bond acceptors (Lipinski definition) is 7. The zero-order valence-electron chi connectivity index (χ0n) is 16.0. The maximum absolute atomic E-state index is 12.7. The Labute approximate surface area is 167 Å². The SMILES string of the molecule is COc1cc2c(cc1CN1CCc3nc(-c4ccccn4)[nH]c(=O)c3C1)OCO2. The van der Waals surface area contributed by atoms with Crippen LogP contribution in [-0.4, -0.2) is 40.3 Å². The van der Waals surface area contributed by atoms with Gasteiger partial charge in [-0.25, -0.2) is 4.98 Å². The minimum absolute atomic E-state index is 0.113. The lowest BCUT2D eigenvalue weighted by Crippen LogP contribution is -2.35. The van der Waals surface area contributed by atoms with E-state index in [2.05, 4.69) is 19.9 Å². The molecule has 29 heavy (non-hydrogen) atoms. The van der Waals surface area contributed by atoms with E-state index in [1.807, 2.05) is 30.3 Å². The molecule has 0 aliphatic carbocycles. The number of nitrogens with one attached hydrogen (secondary N) is 1. The molecular weight excluding hydrogens is 372 g/mol. The van der Waals surface area contributed by atoms with E-state index in [-0.39, 0.29) is 12.4 Å². The van der Waals surface area contributed by atoms with Crippen LogP contribution in [0.1, 0.15) is 16.8 Å². The van der Waals surface area contributed by atoms with Crippen molar-refractivity contribution in [3.05, 3.63) is 63.7 Å². The normalized spacial score (nSPS) is 15.2. The molecule has 0 amide bonds. The van der Waals surface area contributed by atoms with E-state index in [0.29, 0.717) is 42.3 Å². The predicted molar refractivity (Wildman–Crippen MR) is 105 cm³/mol. The number of pyridine rings is 1. The van der Waals surface area contributed by atoms with Crippen molar-refractivity contribution < 1.29 is 14.2 Å². The first-order valence-corrected chi connectivity index (χ1v) is 9.43. The number of fused-ring (bicyclic) bond motifs is 2. The number of aromatic nitrogens is 3. The minimum atomic E-state index is -0.113. The van der Waals surface area contributed by atoms with Crippen molar-refractivity contribution in [3.63, 3.8) is 0 Å². The van der Waals surface area contributed by atoms with Crippen LogP contribution in [0.2, 0.25) is 0 Å². The van der Waals surface area contributed by atoms with Crippen LogP contribution in [0, 0.1) is 0 Å². The van der Waals surface area contributed by atoms with Crippen molar-refractivity contribution in [2.24, 2.45) is 0 Å². The highest BCUT2D eigenvalue weighted by molar-refractivity contribution is 5.52. The average Bonchev–Trinajstić information content (AvgIpc) is 3.21. The first-order valence-electron chi connectivity index (χ1n) is 9.43. The summed E-state index contributed by atoms with van der Waals surface area (Å²) in [5.74, 6) is 2.67. The summed E-state index contributed by atoms with van der Waals surface area (Å²) in [6, 6.07) is 9.35. The van der Waals surface area contributed by atoms with Crippen LogP contribution < -0.4 is 19.8 Å². The number of nitrogens with zero attached hydrogens (tertiary/aromatic N) is 3.